The van der Waals surface area contributed by atoms with Gasteiger partial charge in [-0.05, 0) is 24.3 Å². The van der Waals surface area contributed by atoms with Crippen molar-refractivity contribution in [1.29, 1.82) is 0 Å². The van der Waals surface area contributed by atoms with Gasteiger partial charge in [-0.3, -0.25) is 9.59 Å². The molecule has 2 aromatic carbocycles. The van der Waals surface area contributed by atoms with Crippen molar-refractivity contribution in [2.24, 2.45) is 0 Å². The standard InChI is InChI=1S/C22H19N5O3S/c1-14(28)24-18-9-8-17(30-2)10-19(18)25-21(29)20-13-31-22(26-20)15-11-23-27(12-15)16-6-4-3-5-7-16/h3-13H,1-2H3,(H,24,28)(H,25,29). The van der Waals surface area contributed by atoms with Gasteiger partial charge in [0.15, 0.2) is 0 Å². The van der Waals surface area contributed by atoms with Gasteiger partial charge in [0.1, 0.15) is 16.5 Å². The molecule has 31 heavy (non-hydrogen) atoms. The molecule has 2 amide bonds. The van der Waals surface area contributed by atoms with E-state index in [0.717, 1.165) is 11.3 Å². The van der Waals surface area contributed by atoms with Crippen molar-refractivity contribution in [1.82, 2.24) is 14.8 Å². The van der Waals surface area contributed by atoms with Crippen molar-refractivity contribution in [3.8, 4) is 22.0 Å². The van der Waals surface area contributed by atoms with E-state index in [1.807, 2.05) is 36.5 Å². The van der Waals surface area contributed by atoms with Gasteiger partial charge in [0.25, 0.3) is 5.91 Å². The maximum Gasteiger partial charge on any atom is 0.275 e. The van der Waals surface area contributed by atoms with Crippen LogP contribution in [0, 0.1) is 0 Å². The lowest BCUT2D eigenvalue weighted by atomic mass is 10.2. The van der Waals surface area contributed by atoms with Gasteiger partial charge < -0.3 is 15.4 Å². The summed E-state index contributed by atoms with van der Waals surface area (Å²) in [7, 11) is 1.53. The minimum absolute atomic E-state index is 0.243. The predicted molar refractivity (Wildman–Crippen MR) is 120 cm³/mol. The number of benzene rings is 2. The number of nitrogens with one attached hydrogen (secondary N) is 2. The maximum atomic E-state index is 12.8. The molecule has 8 nitrogen and oxygen atoms in total. The number of carbonyl (C=O) groups is 2. The highest BCUT2D eigenvalue weighted by Gasteiger charge is 2.16. The Morgan fingerprint density at radius 3 is 2.61 bits per heavy atom. The van der Waals surface area contributed by atoms with Crippen molar-refractivity contribution < 1.29 is 14.3 Å². The third kappa shape index (κ3) is 4.62. The van der Waals surface area contributed by atoms with Crippen LogP contribution in [-0.2, 0) is 4.79 Å². The lowest BCUT2D eigenvalue weighted by Gasteiger charge is -2.12. The molecule has 0 bridgehead atoms. The van der Waals surface area contributed by atoms with Crippen LogP contribution in [0.25, 0.3) is 16.3 Å². The second-order valence-corrected chi connectivity index (χ2v) is 7.45. The Labute approximate surface area is 182 Å². The van der Waals surface area contributed by atoms with Gasteiger partial charge in [0.05, 0.1) is 30.4 Å². The Balaban J connectivity index is 1.54. The third-order valence-corrected chi connectivity index (χ3v) is 5.26. The van der Waals surface area contributed by atoms with Gasteiger partial charge in [-0.15, -0.1) is 11.3 Å². The molecule has 0 aliphatic rings. The summed E-state index contributed by atoms with van der Waals surface area (Å²) in [5.74, 6) is -0.0819. The first-order valence-electron chi connectivity index (χ1n) is 9.36. The SMILES string of the molecule is COc1ccc(NC(C)=O)c(NC(=O)c2csc(-c3cnn(-c4ccccc4)c3)n2)c1. The van der Waals surface area contributed by atoms with E-state index in [2.05, 4.69) is 20.7 Å². The highest BCUT2D eigenvalue weighted by Crippen LogP contribution is 2.29. The Kier molecular flexibility index (Phi) is 5.76. The fourth-order valence-electron chi connectivity index (χ4n) is 2.90. The van der Waals surface area contributed by atoms with Crippen LogP contribution in [0.15, 0.2) is 66.3 Å². The molecule has 0 saturated heterocycles. The highest BCUT2D eigenvalue weighted by atomic mass is 32.1. The molecule has 0 aliphatic carbocycles. The number of methoxy groups -OCH3 is 1. The van der Waals surface area contributed by atoms with E-state index in [9.17, 15) is 9.59 Å². The van der Waals surface area contributed by atoms with Crippen LogP contribution in [-0.4, -0.2) is 33.7 Å². The van der Waals surface area contributed by atoms with Gasteiger partial charge in [-0.1, -0.05) is 18.2 Å². The Bertz CT molecular complexity index is 1230. The van der Waals surface area contributed by atoms with Crippen LogP contribution in [0.5, 0.6) is 5.75 Å². The molecule has 9 heteroatoms. The van der Waals surface area contributed by atoms with Crippen LogP contribution in [0.3, 0.4) is 0 Å². The van der Waals surface area contributed by atoms with Crippen LogP contribution in [0.4, 0.5) is 11.4 Å². The van der Waals surface area contributed by atoms with Crippen LogP contribution in [0.2, 0.25) is 0 Å². The van der Waals surface area contributed by atoms with Gasteiger partial charge >= 0.3 is 0 Å². The molecule has 0 saturated carbocycles. The summed E-state index contributed by atoms with van der Waals surface area (Å²) in [6.45, 7) is 1.40. The zero-order chi connectivity index (χ0) is 21.8. The van der Waals surface area contributed by atoms with Crippen molar-refractivity contribution in [2.75, 3.05) is 17.7 Å². The number of rotatable bonds is 6. The first-order valence-corrected chi connectivity index (χ1v) is 10.2. The summed E-state index contributed by atoms with van der Waals surface area (Å²) in [6, 6.07) is 14.7. The fraction of sp³-hybridized carbons (Fsp3) is 0.0909. The predicted octanol–water partition coefficient (Wildman–Crippen LogP) is 4.22. The van der Waals surface area contributed by atoms with Crippen molar-refractivity contribution in [2.45, 2.75) is 6.92 Å². The number of anilines is 2. The smallest absolute Gasteiger partial charge is 0.275 e. The van der Waals surface area contributed by atoms with Crippen molar-refractivity contribution in [3.63, 3.8) is 0 Å². The second-order valence-electron chi connectivity index (χ2n) is 6.59. The fourth-order valence-corrected chi connectivity index (χ4v) is 3.68. The quantitative estimate of drug-likeness (QED) is 0.475. The molecule has 4 rings (SSSR count). The van der Waals surface area contributed by atoms with E-state index in [1.165, 1.54) is 25.4 Å². The first-order chi connectivity index (χ1) is 15.0. The molecule has 156 valence electrons. The average molecular weight is 433 g/mol. The summed E-state index contributed by atoms with van der Waals surface area (Å²) in [5, 5.41) is 12.2. The Hall–Kier alpha value is -3.98. The second kappa shape index (κ2) is 8.80. The van der Waals surface area contributed by atoms with Gasteiger partial charge in [0.2, 0.25) is 5.91 Å². The lowest BCUT2D eigenvalue weighted by molar-refractivity contribution is -0.114. The van der Waals surface area contributed by atoms with Gasteiger partial charge in [-0.2, -0.15) is 5.10 Å². The molecule has 2 heterocycles. The number of thiazole rings is 1. The molecular formula is C22H19N5O3S. The third-order valence-electron chi connectivity index (χ3n) is 4.37. The first kappa shape index (κ1) is 20.3. The number of carbonyl (C=O) groups excluding carboxylic acids is 2. The molecule has 0 spiro atoms. The molecule has 0 fully saturated rings. The molecular weight excluding hydrogens is 414 g/mol. The summed E-state index contributed by atoms with van der Waals surface area (Å²) >= 11 is 1.35. The molecule has 2 aromatic heterocycles. The summed E-state index contributed by atoms with van der Waals surface area (Å²) in [6.07, 6.45) is 3.58. The largest absolute Gasteiger partial charge is 0.497 e. The summed E-state index contributed by atoms with van der Waals surface area (Å²) in [4.78, 5) is 28.7. The number of ether oxygens (including phenoxy) is 1. The molecule has 0 atom stereocenters. The molecule has 2 N–H and O–H groups in total. The summed E-state index contributed by atoms with van der Waals surface area (Å²) < 4.78 is 6.97. The minimum atomic E-state index is -0.391. The minimum Gasteiger partial charge on any atom is -0.497 e. The zero-order valence-electron chi connectivity index (χ0n) is 16.8. The van der Waals surface area contributed by atoms with Crippen LogP contribution >= 0.6 is 11.3 Å². The van der Waals surface area contributed by atoms with E-state index in [0.29, 0.717) is 22.1 Å². The normalized spacial score (nSPS) is 10.5. The number of nitrogens with zero attached hydrogens (tertiary/aromatic N) is 3. The number of para-hydroxylation sites is 1. The molecule has 0 unspecified atom stereocenters. The average Bonchev–Trinajstić information content (AvgIpc) is 3.45. The van der Waals surface area contributed by atoms with E-state index in [1.54, 1.807) is 34.5 Å². The molecule has 0 radical (unpaired) electrons. The van der Waals surface area contributed by atoms with Crippen LogP contribution in [0.1, 0.15) is 17.4 Å². The number of hydrogen-bond donors (Lipinski definition) is 2. The van der Waals surface area contributed by atoms with E-state index in [4.69, 9.17) is 4.74 Å². The monoisotopic (exact) mass is 433 g/mol. The summed E-state index contributed by atoms with van der Waals surface area (Å²) in [5.41, 5.74) is 2.91. The van der Waals surface area contributed by atoms with E-state index >= 15 is 0 Å². The topological polar surface area (TPSA) is 98.1 Å². The Morgan fingerprint density at radius 2 is 1.87 bits per heavy atom. The highest BCUT2D eigenvalue weighted by molar-refractivity contribution is 7.13. The van der Waals surface area contributed by atoms with E-state index in [-0.39, 0.29) is 11.6 Å². The number of amides is 2. The molecule has 4 aromatic rings. The van der Waals surface area contributed by atoms with Gasteiger partial charge in [0, 0.05) is 30.1 Å². The lowest BCUT2D eigenvalue weighted by Crippen LogP contribution is -2.15. The van der Waals surface area contributed by atoms with Crippen molar-refractivity contribution in [3.05, 3.63) is 72.0 Å². The molecule has 0 aliphatic heterocycles. The van der Waals surface area contributed by atoms with Crippen molar-refractivity contribution >= 4 is 34.5 Å². The number of aromatic nitrogens is 3. The van der Waals surface area contributed by atoms with E-state index < -0.39 is 5.91 Å². The zero-order valence-corrected chi connectivity index (χ0v) is 17.6. The number of hydrogen-bond acceptors (Lipinski definition) is 6. The Morgan fingerprint density at radius 1 is 1.06 bits per heavy atom. The van der Waals surface area contributed by atoms with Gasteiger partial charge in [-0.25, -0.2) is 9.67 Å². The van der Waals surface area contributed by atoms with Crippen LogP contribution < -0.4 is 15.4 Å². The maximum absolute atomic E-state index is 12.8.